The molecule has 2 heterocycles. The first-order chi connectivity index (χ1) is 11.5. The lowest BCUT2D eigenvalue weighted by Crippen LogP contribution is -2.44. The molecule has 0 atom stereocenters. The third kappa shape index (κ3) is 3.83. The summed E-state index contributed by atoms with van der Waals surface area (Å²) in [6.45, 7) is 5.74. The topological polar surface area (TPSA) is 61.4 Å². The number of likely N-dealkylation sites (N-methyl/N-ethyl adjacent to an activating group) is 1. The maximum absolute atomic E-state index is 12.3. The van der Waals surface area contributed by atoms with E-state index in [0.717, 1.165) is 37.6 Å². The third-order valence-electron chi connectivity index (χ3n) is 4.16. The molecule has 1 aromatic heterocycles. The summed E-state index contributed by atoms with van der Waals surface area (Å²) in [7, 11) is 2.11. The molecule has 0 aliphatic carbocycles. The fourth-order valence-corrected chi connectivity index (χ4v) is 2.74. The first kappa shape index (κ1) is 16.7. The van der Waals surface area contributed by atoms with Gasteiger partial charge in [0, 0.05) is 36.9 Å². The number of benzene rings is 1. The molecule has 6 nitrogen and oxygen atoms in total. The van der Waals surface area contributed by atoms with Crippen LogP contribution in [-0.4, -0.2) is 54.2 Å². The Morgan fingerprint density at radius 2 is 1.88 bits per heavy atom. The Balaban J connectivity index is 1.68. The minimum atomic E-state index is -0.294. The summed E-state index contributed by atoms with van der Waals surface area (Å²) in [5.74, 6) is 0.511. The van der Waals surface area contributed by atoms with Crippen LogP contribution in [0.5, 0.6) is 0 Å². The highest BCUT2D eigenvalue weighted by molar-refractivity contribution is 6.31. The van der Waals surface area contributed by atoms with Gasteiger partial charge in [-0.1, -0.05) is 17.7 Å². The van der Waals surface area contributed by atoms with Crippen molar-refractivity contribution in [2.75, 3.05) is 43.4 Å². The molecule has 1 aliphatic rings. The van der Waals surface area contributed by atoms with Crippen LogP contribution < -0.4 is 10.2 Å². The number of carbonyl (C=O) groups is 1. The summed E-state index contributed by atoms with van der Waals surface area (Å²) in [5.41, 5.74) is 1.90. The van der Waals surface area contributed by atoms with E-state index in [-0.39, 0.29) is 11.6 Å². The maximum Gasteiger partial charge on any atom is 0.276 e. The highest BCUT2D eigenvalue weighted by atomic mass is 35.5. The predicted molar refractivity (Wildman–Crippen MR) is 95.9 cm³/mol. The van der Waals surface area contributed by atoms with Crippen LogP contribution in [0.3, 0.4) is 0 Å². The summed E-state index contributed by atoms with van der Waals surface area (Å²) in [6.07, 6.45) is 0. The van der Waals surface area contributed by atoms with E-state index in [0.29, 0.717) is 10.7 Å². The Kier molecular flexibility index (Phi) is 4.97. The van der Waals surface area contributed by atoms with Crippen LogP contribution in [0.25, 0.3) is 0 Å². The Labute approximate surface area is 146 Å². The van der Waals surface area contributed by atoms with E-state index in [9.17, 15) is 4.79 Å². The monoisotopic (exact) mass is 345 g/mol. The highest BCUT2D eigenvalue weighted by Gasteiger charge is 2.17. The van der Waals surface area contributed by atoms with Crippen molar-refractivity contribution in [3.63, 3.8) is 0 Å². The van der Waals surface area contributed by atoms with Gasteiger partial charge in [-0.3, -0.25) is 4.79 Å². The second kappa shape index (κ2) is 7.15. The third-order valence-corrected chi connectivity index (χ3v) is 4.39. The van der Waals surface area contributed by atoms with Crippen LogP contribution in [-0.2, 0) is 0 Å². The molecule has 1 fully saturated rings. The zero-order valence-electron chi connectivity index (χ0n) is 13.8. The zero-order chi connectivity index (χ0) is 17.1. The summed E-state index contributed by atoms with van der Waals surface area (Å²) >= 11 is 5.98. The predicted octanol–water partition coefficient (Wildman–Crippen LogP) is 2.44. The van der Waals surface area contributed by atoms with Crippen molar-refractivity contribution < 1.29 is 4.79 Å². The van der Waals surface area contributed by atoms with Crippen molar-refractivity contribution >= 4 is 29.0 Å². The number of halogens is 1. The molecule has 0 spiro atoms. The lowest BCUT2D eigenvalue weighted by molar-refractivity contribution is 0.102. The van der Waals surface area contributed by atoms with Gasteiger partial charge in [-0.25, -0.2) is 0 Å². The van der Waals surface area contributed by atoms with E-state index in [2.05, 4.69) is 32.4 Å². The number of anilines is 2. The van der Waals surface area contributed by atoms with Crippen molar-refractivity contribution in [1.82, 2.24) is 15.1 Å². The number of nitrogens with one attached hydrogen (secondary N) is 1. The van der Waals surface area contributed by atoms with Gasteiger partial charge in [0.15, 0.2) is 11.5 Å². The first-order valence-corrected chi connectivity index (χ1v) is 8.25. The van der Waals surface area contributed by atoms with E-state index >= 15 is 0 Å². The minimum Gasteiger partial charge on any atom is -0.353 e. The molecule has 3 rings (SSSR count). The van der Waals surface area contributed by atoms with Crippen LogP contribution >= 0.6 is 11.6 Å². The quantitative estimate of drug-likeness (QED) is 0.925. The number of piperazine rings is 1. The molecule has 1 aliphatic heterocycles. The molecular weight excluding hydrogens is 326 g/mol. The van der Waals surface area contributed by atoms with Gasteiger partial charge in [0.25, 0.3) is 5.91 Å². The Morgan fingerprint density at radius 3 is 2.54 bits per heavy atom. The average Bonchev–Trinajstić information content (AvgIpc) is 2.59. The molecule has 1 N–H and O–H groups in total. The number of amides is 1. The average molecular weight is 346 g/mol. The van der Waals surface area contributed by atoms with Gasteiger partial charge in [0.05, 0.1) is 0 Å². The minimum absolute atomic E-state index is 0.284. The highest BCUT2D eigenvalue weighted by Crippen LogP contribution is 2.21. The zero-order valence-corrected chi connectivity index (χ0v) is 14.5. The van der Waals surface area contributed by atoms with E-state index in [4.69, 9.17) is 11.6 Å². The van der Waals surface area contributed by atoms with Gasteiger partial charge in [-0.2, -0.15) is 0 Å². The molecule has 7 heteroatoms. The number of carbonyl (C=O) groups excluding carboxylic acids is 1. The van der Waals surface area contributed by atoms with Gasteiger partial charge >= 0.3 is 0 Å². The molecular formula is C17H20ClN5O. The molecule has 1 amide bonds. The van der Waals surface area contributed by atoms with Gasteiger partial charge in [-0.15, -0.1) is 10.2 Å². The van der Waals surface area contributed by atoms with Crippen LogP contribution in [0.1, 0.15) is 16.1 Å². The molecule has 0 saturated carbocycles. The molecule has 1 saturated heterocycles. The number of nitrogens with zero attached hydrogens (tertiary/aromatic N) is 4. The molecule has 0 radical (unpaired) electrons. The molecule has 24 heavy (non-hydrogen) atoms. The largest absolute Gasteiger partial charge is 0.353 e. The summed E-state index contributed by atoms with van der Waals surface area (Å²) in [6, 6.07) is 8.92. The summed E-state index contributed by atoms with van der Waals surface area (Å²) in [4.78, 5) is 16.8. The molecule has 1 aromatic carbocycles. The lowest BCUT2D eigenvalue weighted by atomic mass is 10.2. The maximum atomic E-state index is 12.3. The van der Waals surface area contributed by atoms with Crippen LogP contribution in [0.4, 0.5) is 11.5 Å². The van der Waals surface area contributed by atoms with Gasteiger partial charge in [0.2, 0.25) is 0 Å². The smallest absolute Gasteiger partial charge is 0.276 e. The Bertz CT molecular complexity index is 726. The number of aromatic nitrogens is 2. The molecule has 2 aromatic rings. The van der Waals surface area contributed by atoms with E-state index in [1.54, 1.807) is 18.2 Å². The second-order valence-electron chi connectivity index (χ2n) is 5.98. The van der Waals surface area contributed by atoms with E-state index in [1.165, 1.54) is 0 Å². The normalized spacial score (nSPS) is 15.4. The van der Waals surface area contributed by atoms with Crippen molar-refractivity contribution in [2.45, 2.75) is 6.92 Å². The van der Waals surface area contributed by atoms with Crippen LogP contribution in [0, 0.1) is 6.92 Å². The number of hydrogen-bond acceptors (Lipinski definition) is 5. The van der Waals surface area contributed by atoms with Gasteiger partial charge < -0.3 is 15.1 Å². The number of aryl methyl sites for hydroxylation is 1. The van der Waals surface area contributed by atoms with Gasteiger partial charge in [-0.05, 0) is 43.8 Å². The Hall–Kier alpha value is -2.18. The fraction of sp³-hybridized carbons (Fsp3) is 0.353. The van der Waals surface area contributed by atoms with Crippen molar-refractivity contribution in [2.24, 2.45) is 0 Å². The molecule has 126 valence electrons. The standard InChI is InChI=1S/C17H20ClN5O/c1-12-3-4-13(18)11-15(12)19-17(24)14-5-6-16(21-20-14)23-9-7-22(2)8-10-23/h3-6,11H,7-10H2,1-2H3,(H,19,24). The lowest BCUT2D eigenvalue weighted by Gasteiger charge is -2.32. The first-order valence-electron chi connectivity index (χ1n) is 7.87. The SMILES string of the molecule is Cc1ccc(Cl)cc1NC(=O)c1ccc(N2CCN(C)CC2)nn1. The summed E-state index contributed by atoms with van der Waals surface area (Å²) < 4.78 is 0. The van der Waals surface area contributed by atoms with E-state index in [1.807, 2.05) is 19.1 Å². The van der Waals surface area contributed by atoms with E-state index < -0.39 is 0 Å². The van der Waals surface area contributed by atoms with Crippen LogP contribution in [0.15, 0.2) is 30.3 Å². The van der Waals surface area contributed by atoms with Crippen molar-refractivity contribution in [1.29, 1.82) is 0 Å². The van der Waals surface area contributed by atoms with Crippen molar-refractivity contribution in [3.8, 4) is 0 Å². The Morgan fingerprint density at radius 1 is 1.12 bits per heavy atom. The molecule has 0 unspecified atom stereocenters. The number of hydrogen-bond donors (Lipinski definition) is 1. The van der Waals surface area contributed by atoms with Gasteiger partial charge in [0.1, 0.15) is 0 Å². The number of rotatable bonds is 3. The molecule has 0 bridgehead atoms. The fourth-order valence-electron chi connectivity index (χ4n) is 2.57. The summed E-state index contributed by atoms with van der Waals surface area (Å²) in [5, 5.41) is 11.7. The van der Waals surface area contributed by atoms with Crippen LogP contribution in [0.2, 0.25) is 5.02 Å². The van der Waals surface area contributed by atoms with Crippen molar-refractivity contribution in [3.05, 3.63) is 46.6 Å². The second-order valence-corrected chi connectivity index (χ2v) is 6.42.